The Morgan fingerprint density at radius 2 is 1.60 bits per heavy atom. The SMILES string of the molecule is Cc1nc2ccccc2c(=O)n1CC(=O)Nc1cccc(C(=O)c2ccccc2)c1. The number of carbonyl (C=O) groups excluding carboxylic acids is 2. The van der Waals surface area contributed by atoms with Gasteiger partial charge in [-0.25, -0.2) is 4.98 Å². The van der Waals surface area contributed by atoms with Gasteiger partial charge < -0.3 is 5.32 Å². The van der Waals surface area contributed by atoms with Gasteiger partial charge >= 0.3 is 0 Å². The Morgan fingerprint density at radius 1 is 0.900 bits per heavy atom. The molecular weight excluding hydrogens is 378 g/mol. The number of carbonyl (C=O) groups is 2. The molecule has 4 aromatic rings. The molecule has 0 spiro atoms. The van der Waals surface area contributed by atoms with Crippen LogP contribution in [0.4, 0.5) is 5.69 Å². The van der Waals surface area contributed by atoms with E-state index in [4.69, 9.17) is 0 Å². The van der Waals surface area contributed by atoms with Crippen LogP contribution in [-0.2, 0) is 11.3 Å². The molecule has 1 amide bonds. The molecule has 0 saturated carbocycles. The number of aryl methyl sites for hydroxylation is 1. The van der Waals surface area contributed by atoms with Gasteiger partial charge in [0.2, 0.25) is 5.91 Å². The number of hydrogen-bond acceptors (Lipinski definition) is 4. The van der Waals surface area contributed by atoms with Gasteiger partial charge in [0.15, 0.2) is 5.78 Å². The molecule has 3 aromatic carbocycles. The number of hydrogen-bond donors (Lipinski definition) is 1. The Bertz CT molecular complexity index is 1310. The van der Waals surface area contributed by atoms with Crippen molar-refractivity contribution >= 4 is 28.3 Å². The number of nitrogens with one attached hydrogen (secondary N) is 1. The van der Waals surface area contributed by atoms with Crippen molar-refractivity contribution in [3.63, 3.8) is 0 Å². The molecule has 0 atom stereocenters. The van der Waals surface area contributed by atoms with Crippen molar-refractivity contribution in [3.05, 3.63) is 106 Å². The quantitative estimate of drug-likeness (QED) is 0.522. The van der Waals surface area contributed by atoms with Crippen molar-refractivity contribution in [1.29, 1.82) is 0 Å². The van der Waals surface area contributed by atoms with E-state index in [0.717, 1.165) is 0 Å². The van der Waals surface area contributed by atoms with Gasteiger partial charge in [-0.3, -0.25) is 19.0 Å². The molecule has 0 aliphatic carbocycles. The number of ketones is 1. The van der Waals surface area contributed by atoms with E-state index < -0.39 is 0 Å². The molecule has 0 bridgehead atoms. The van der Waals surface area contributed by atoms with E-state index in [-0.39, 0.29) is 23.8 Å². The van der Waals surface area contributed by atoms with Gasteiger partial charge in [-0.1, -0.05) is 54.6 Å². The molecule has 0 aliphatic rings. The fourth-order valence-corrected chi connectivity index (χ4v) is 3.30. The van der Waals surface area contributed by atoms with Crippen molar-refractivity contribution in [2.75, 3.05) is 5.32 Å². The van der Waals surface area contributed by atoms with E-state index in [9.17, 15) is 14.4 Å². The average Bonchev–Trinajstić information content (AvgIpc) is 2.77. The summed E-state index contributed by atoms with van der Waals surface area (Å²) in [6, 6.07) is 22.7. The van der Waals surface area contributed by atoms with Gasteiger partial charge in [0.25, 0.3) is 5.56 Å². The Hall–Kier alpha value is -4.06. The molecule has 30 heavy (non-hydrogen) atoms. The van der Waals surface area contributed by atoms with Gasteiger partial charge in [0, 0.05) is 16.8 Å². The molecule has 1 N–H and O–H groups in total. The highest BCUT2D eigenvalue weighted by Crippen LogP contribution is 2.15. The van der Waals surface area contributed by atoms with Gasteiger partial charge in [0.1, 0.15) is 12.4 Å². The minimum absolute atomic E-state index is 0.127. The lowest BCUT2D eigenvalue weighted by Gasteiger charge is -2.11. The zero-order valence-electron chi connectivity index (χ0n) is 16.3. The first-order valence-electron chi connectivity index (χ1n) is 9.49. The van der Waals surface area contributed by atoms with E-state index in [1.54, 1.807) is 73.7 Å². The lowest BCUT2D eigenvalue weighted by molar-refractivity contribution is -0.116. The summed E-state index contributed by atoms with van der Waals surface area (Å²) >= 11 is 0. The number of aromatic nitrogens is 2. The maximum Gasteiger partial charge on any atom is 0.261 e. The third kappa shape index (κ3) is 3.89. The number of para-hydroxylation sites is 1. The van der Waals surface area contributed by atoms with Crippen LogP contribution < -0.4 is 10.9 Å². The summed E-state index contributed by atoms with van der Waals surface area (Å²) < 4.78 is 1.34. The Kier molecular flexibility index (Phi) is 5.22. The zero-order chi connectivity index (χ0) is 21.1. The molecule has 0 fully saturated rings. The maximum absolute atomic E-state index is 12.7. The van der Waals surface area contributed by atoms with E-state index in [2.05, 4.69) is 10.3 Å². The van der Waals surface area contributed by atoms with Gasteiger partial charge in [-0.15, -0.1) is 0 Å². The monoisotopic (exact) mass is 397 g/mol. The van der Waals surface area contributed by atoms with Crippen molar-refractivity contribution < 1.29 is 9.59 Å². The smallest absolute Gasteiger partial charge is 0.261 e. The molecule has 6 nitrogen and oxygen atoms in total. The van der Waals surface area contributed by atoms with E-state index in [0.29, 0.717) is 33.5 Å². The second-order valence-electron chi connectivity index (χ2n) is 6.89. The molecule has 148 valence electrons. The van der Waals surface area contributed by atoms with Crippen LogP contribution >= 0.6 is 0 Å². The van der Waals surface area contributed by atoms with Crippen molar-refractivity contribution in [3.8, 4) is 0 Å². The lowest BCUT2D eigenvalue weighted by atomic mass is 10.0. The second kappa shape index (κ2) is 8.13. The van der Waals surface area contributed by atoms with Crippen LogP contribution in [0.5, 0.6) is 0 Å². The summed E-state index contributed by atoms with van der Waals surface area (Å²) in [5, 5.41) is 3.23. The molecule has 1 heterocycles. The molecular formula is C24H19N3O3. The van der Waals surface area contributed by atoms with Crippen LogP contribution in [0.1, 0.15) is 21.7 Å². The van der Waals surface area contributed by atoms with Crippen molar-refractivity contribution in [2.24, 2.45) is 0 Å². The number of benzene rings is 3. The van der Waals surface area contributed by atoms with E-state index >= 15 is 0 Å². The molecule has 0 unspecified atom stereocenters. The standard InChI is InChI=1S/C24H19N3O3/c1-16-25-21-13-6-5-12-20(21)24(30)27(16)15-22(28)26-19-11-7-10-18(14-19)23(29)17-8-3-2-4-9-17/h2-14H,15H2,1H3,(H,26,28). The summed E-state index contributed by atoms with van der Waals surface area (Å²) in [7, 11) is 0. The van der Waals surface area contributed by atoms with Crippen LogP contribution in [-0.4, -0.2) is 21.2 Å². The summed E-state index contributed by atoms with van der Waals surface area (Å²) in [6.45, 7) is 1.53. The zero-order valence-corrected chi connectivity index (χ0v) is 16.3. The Morgan fingerprint density at radius 3 is 2.40 bits per heavy atom. The fourth-order valence-electron chi connectivity index (χ4n) is 3.30. The number of fused-ring (bicyclic) bond motifs is 1. The van der Waals surface area contributed by atoms with Gasteiger partial charge in [0.05, 0.1) is 10.9 Å². The summed E-state index contributed by atoms with van der Waals surface area (Å²) in [5.41, 5.74) is 1.87. The summed E-state index contributed by atoms with van der Waals surface area (Å²) in [5.74, 6) is -0.0408. The van der Waals surface area contributed by atoms with Crippen LogP contribution in [0, 0.1) is 6.92 Å². The predicted octanol–water partition coefficient (Wildman–Crippen LogP) is 3.57. The highest BCUT2D eigenvalue weighted by Gasteiger charge is 2.13. The first-order chi connectivity index (χ1) is 14.5. The topological polar surface area (TPSA) is 81.1 Å². The maximum atomic E-state index is 12.7. The van der Waals surface area contributed by atoms with Crippen molar-refractivity contribution in [1.82, 2.24) is 9.55 Å². The second-order valence-corrected chi connectivity index (χ2v) is 6.89. The normalized spacial score (nSPS) is 10.7. The molecule has 1 aromatic heterocycles. The highest BCUT2D eigenvalue weighted by atomic mass is 16.2. The molecule has 4 rings (SSSR count). The summed E-state index contributed by atoms with van der Waals surface area (Å²) in [6.07, 6.45) is 0. The van der Waals surface area contributed by atoms with Crippen LogP contribution in [0.2, 0.25) is 0 Å². The fraction of sp³-hybridized carbons (Fsp3) is 0.0833. The molecule has 0 aliphatic heterocycles. The average molecular weight is 397 g/mol. The molecule has 0 radical (unpaired) electrons. The number of nitrogens with zero attached hydrogens (tertiary/aromatic N) is 2. The first kappa shape index (κ1) is 19.3. The number of anilines is 1. The van der Waals surface area contributed by atoms with Crippen LogP contribution in [0.25, 0.3) is 10.9 Å². The highest BCUT2D eigenvalue weighted by molar-refractivity contribution is 6.09. The molecule has 6 heteroatoms. The predicted molar refractivity (Wildman–Crippen MR) is 116 cm³/mol. The van der Waals surface area contributed by atoms with Crippen molar-refractivity contribution in [2.45, 2.75) is 13.5 Å². The first-order valence-corrected chi connectivity index (χ1v) is 9.49. The summed E-state index contributed by atoms with van der Waals surface area (Å²) in [4.78, 5) is 42.4. The Labute approximate surface area is 172 Å². The van der Waals surface area contributed by atoms with Crippen LogP contribution in [0.3, 0.4) is 0 Å². The van der Waals surface area contributed by atoms with Gasteiger partial charge in [-0.05, 0) is 31.2 Å². The lowest BCUT2D eigenvalue weighted by Crippen LogP contribution is -2.30. The number of amides is 1. The minimum atomic E-state index is -0.374. The third-order valence-corrected chi connectivity index (χ3v) is 4.80. The third-order valence-electron chi connectivity index (χ3n) is 4.80. The number of rotatable bonds is 5. The molecule has 0 saturated heterocycles. The Balaban J connectivity index is 1.55. The van der Waals surface area contributed by atoms with Crippen LogP contribution in [0.15, 0.2) is 83.7 Å². The van der Waals surface area contributed by atoms with E-state index in [1.165, 1.54) is 4.57 Å². The van der Waals surface area contributed by atoms with E-state index in [1.807, 2.05) is 12.1 Å². The minimum Gasteiger partial charge on any atom is -0.325 e. The largest absolute Gasteiger partial charge is 0.325 e. The van der Waals surface area contributed by atoms with Gasteiger partial charge in [-0.2, -0.15) is 0 Å².